The lowest BCUT2D eigenvalue weighted by atomic mass is 10.1. The van der Waals surface area contributed by atoms with Crippen LogP contribution in [0.2, 0.25) is 0 Å². The number of amides is 1. The molecule has 8 heteroatoms. The molecule has 0 aliphatic heterocycles. The number of pyridine rings is 3. The first kappa shape index (κ1) is 18.4. The van der Waals surface area contributed by atoms with Crippen LogP contribution in [0.5, 0.6) is 5.75 Å². The molecule has 3 N–H and O–H groups in total. The molecule has 1 saturated carbocycles. The molecule has 1 aliphatic rings. The van der Waals surface area contributed by atoms with Crippen molar-refractivity contribution in [3.8, 4) is 23.1 Å². The molecule has 3 aromatic heterocycles. The van der Waals surface area contributed by atoms with Gasteiger partial charge in [0.2, 0.25) is 0 Å². The van der Waals surface area contributed by atoms with E-state index in [1.807, 2.05) is 12.1 Å². The van der Waals surface area contributed by atoms with Gasteiger partial charge in [-0.05, 0) is 54.7 Å². The van der Waals surface area contributed by atoms with Crippen molar-refractivity contribution in [2.24, 2.45) is 5.73 Å². The van der Waals surface area contributed by atoms with E-state index >= 15 is 0 Å². The number of primary amides is 1. The molecular formula is C21H18N6O2. The molecular weight excluding hydrogens is 368 g/mol. The van der Waals surface area contributed by atoms with E-state index in [4.69, 9.17) is 15.7 Å². The number of carbonyl (C=O) groups excluding carboxylic acids is 1. The average Bonchev–Trinajstić information content (AvgIpc) is 3.58. The van der Waals surface area contributed by atoms with Gasteiger partial charge in [0.05, 0.1) is 23.5 Å². The van der Waals surface area contributed by atoms with Crippen LogP contribution in [0.15, 0.2) is 48.9 Å². The van der Waals surface area contributed by atoms with Crippen LogP contribution in [0.25, 0.3) is 11.3 Å². The van der Waals surface area contributed by atoms with Gasteiger partial charge in [0.15, 0.2) is 6.61 Å². The van der Waals surface area contributed by atoms with E-state index in [2.05, 4.69) is 26.3 Å². The Morgan fingerprint density at radius 1 is 1.24 bits per heavy atom. The van der Waals surface area contributed by atoms with Crippen LogP contribution in [0, 0.1) is 11.3 Å². The Morgan fingerprint density at radius 3 is 2.86 bits per heavy atom. The fourth-order valence-corrected chi connectivity index (χ4v) is 2.91. The van der Waals surface area contributed by atoms with Crippen molar-refractivity contribution in [2.75, 3.05) is 11.9 Å². The Morgan fingerprint density at radius 2 is 2.10 bits per heavy atom. The van der Waals surface area contributed by atoms with Crippen LogP contribution >= 0.6 is 0 Å². The summed E-state index contributed by atoms with van der Waals surface area (Å²) in [7, 11) is 0. The van der Waals surface area contributed by atoms with Crippen LogP contribution in [-0.2, 0) is 4.79 Å². The molecule has 4 rings (SSSR count). The summed E-state index contributed by atoms with van der Waals surface area (Å²) in [5.74, 6) is 1.58. The minimum absolute atomic E-state index is 0.214. The van der Waals surface area contributed by atoms with Crippen molar-refractivity contribution in [2.45, 2.75) is 18.8 Å². The first-order valence-corrected chi connectivity index (χ1v) is 9.12. The zero-order chi connectivity index (χ0) is 20.2. The van der Waals surface area contributed by atoms with Gasteiger partial charge >= 0.3 is 0 Å². The lowest BCUT2D eigenvalue weighted by molar-refractivity contribution is -0.119. The van der Waals surface area contributed by atoms with Gasteiger partial charge < -0.3 is 15.8 Å². The summed E-state index contributed by atoms with van der Waals surface area (Å²) in [6, 6.07) is 11.2. The lowest BCUT2D eigenvalue weighted by Crippen LogP contribution is -2.20. The van der Waals surface area contributed by atoms with Crippen molar-refractivity contribution in [1.82, 2.24) is 15.0 Å². The summed E-state index contributed by atoms with van der Waals surface area (Å²) in [5.41, 5.74) is 8.32. The zero-order valence-electron chi connectivity index (χ0n) is 15.5. The molecule has 8 nitrogen and oxygen atoms in total. The molecule has 1 amide bonds. The molecule has 1 aliphatic carbocycles. The molecule has 0 saturated heterocycles. The number of hydrogen-bond donors (Lipinski definition) is 2. The van der Waals surface area contributed by atoms with E-state index in [-0.39, 0.29) is 6.61 Å². The third kappa shape index (κ3) is 4.65. The van der Waals surface area contributed by atoms with Crippen molar-refractivity contribution >= 4 is 17.5 Å². The predicted octanol–water partition coefficient (Wildman–Crippen LogP) is 2.90. The van der Waals surface area contributed by atoms with Crippen molar-refractivity contribution < 1.29 is 9.53 Å². The number of hydrogen-bond acceptors (Lipinski definition) is 7. The van der Waals surface area contributed by atoms with Crippen LogP contribution in [0.4, 0.5) is 11.6 Å². The van der Waals surface area contributed by atoms with Gasteiger partial charge in [-0.15, -0.1) is 0 Å². The summed E-state index contributed by atoms with van der Waals surface area (Å²) in [6.07, 6.45) is 7.08. The second-order valence-electron chi connectivity index (χ2n) is 6.78. The molecule has 0 radical (unpaired) electrons. The van der Waals surface area contributed by atoms with Crippen molar-refractivity contribution in [3.05, 3.63) is 60.0 Å². The maximum absolute atomic E-state index is 10.9. The number of aromatic nitrogens is 3. The summed E-state index contributed by atoms with van der Waals surface area (Å²) in [6.45, 7) is -0.214. The average molecular weight is 386 g/mol. The second-order valence-corrected chi connectivity index (χ2v) is 6.78. The number of nitriles is 1. The first-order valence-electron chi connectivity index (χ1n) is 9.12. The Kier molecular flexibility index (Phi) is 5.03. The van der Waals surface area contributed by atoms with Gasteiger partial charge in [0, 0.05) is 18.0 Å². The fraction of sp³-hybridized carbons (Fsp3) is 0.190. The molecule has 0 atom stereocenters. The third-order valence-corrected chi connectivity index (χ3v) is 4.43. The molecule has 144 valence electrons. The smallest absolute Gasteiger partial charge is 0.255 e. The maximum atomic E-state index is 10.9. The SMILES string of the molecule is N#Cc1ccnc(Nc2cc(C3CC3)cc(-c3cncc(OCC(N)=O)c3)n2)c1. The molecule has 0 unspecified atom stereocenters. The lowest BCUT2D eigenvalue weighted by Gasteiger charge is -2.11. The summed E-state index contributed by atoms with van der Waals surface area (Å²) in [4.78, 5) is 24.1. The Hall–Kier alpha value is -3.99. The molecule has 0 spiro atoms. The second kappa shape index (κ2) is 7.94. The molecule has 0 aromatic carbocycles. The number of anilines is 2. The predicted molar refractivity (Wildman–Crippen MR) is 106 cm³/mol. The Balaban J connectivity index is 1.66. The number of nitrogens with two attached hydrogens (primary N) is 1. The topological polar surface area (TPSA) is 127 Å². The minimum atomic E-state index is -0.553. The molecule has 0 bridgehead atoms. The fourth-order valence-electron chi connectivity index (χ4n) is 2.91. The number of rotatable bonds is 7. The highest BCUT2D eigenvalue weighted by Gasteiger charge is 2.25. The van der Waals surface area contributed by atoms with E-state index in [1.54, 1.807) is 30.6 Å². The standard InChI is InChI=1S/C21H18N6O2/c22-9-13-3-4-25-20(5-13)27-21-8-15(14-1-2-14)7-18(26-21)16-6-17(11-24-10-16)29-12-19(23)28/h3-8,10-11,14H,1-2,12H2,(H2,23,28)(H,25,26,27). The highest BCUT2D eigenvalue weighted by Crippen LogP contribution is 2.42. The monoisotopic (exact) mass is 386 g/mol. The van der Waals surface area contributed by atoms with Crippen LogP contribution in [-0.4, -0.2) is 27.5 Å². The summed E-state index contributed by atoms with van der Waals surface area (Å²) < 4.78 is 5.35. The Labute approximate surface area is 167 Å². The highest BCUT2D eigenvalue weighted by molar-refractivity contribution is 5.75. The number of ether oxygens (including phenoxy) is 1. The largest absolute Gasteiger partial charge is 0.482 e. The molecule has 29 heavy (non-hydrogen) atoms. The van der Waals surface area contributed by atoms with Crippen molar-refractivity contribution in [3.63, 3.8) is 0 Å². The normalized spacial score (nSPS) is 12.8. The highest BCUT2D eigenvalue weighted by atomic mass is 16.5. The number of carbonyl (C=O) groups is 1. The zero-order valence-corrected chi connectivity index (χ0v) is 15.5. The van der Waals surface area contributed by atoms with Crippen molar-refractivity contribution in [1.29, 1.82) is 5.26 Å². The maximum Gasteiger partial charge on any atom is 0.255 e. The first-order chi connectivity index (χ1) is 14.1. The molecule has 3 heterocycles. The van der Waals surface area contributed by atoms with Crippen LogP contribution in [0.3, 0.4) is 0 Å². The molecule has 3 aromatic rings. The van der Waals surface area contributed by atoms with Gasteiger partial charge in [-0.25, -0.2) is 9.97 Å². The quantitative estimate of drug-likeness (QED) is 0.639. The van der Waals surface area contributed by atoms with E-state index in [0.29, 0.717) is 28.9 Å². The van der Waals surface area contributed by atoms with Gasteiger partial charge in [0.25, 0.3) is 5.91 Å². The number of nitrogens with one attached hydrogen (secondary N) is 1. The van der Waals surface area contributed by atoms with Gasteiger partial charge in [-0.3, -0.25) is 9.78 Å². The van der Waals surface area contributed by atoms with Crippen LogP contribution < -0.4 is 15.8 Å². The third-order valence-electron chi connectivity index (χ3n) is 4.43. The minimum Gasteiger partial charge on any atom is -0.482 e. The van der Waals surface area contributed by atoms with Crippen LogP contribution in [0.1, 0.15) is 29.9 Å². The van der Waals surface area contributed by atoms with E-state index in [0.717, 1.165) is 24.1 Å². The van der Waals surface area contributed by atoms with E-state index < -0.39 is 5.91 Å². The molecule has 1 fully saturated rings. The van der Waals surface area contributed by atoms with E-state index in [1.165, 1.54) is 11.8 Å². The van der Waals surface area contributed by atoms with E-state index in [9.17, 15) is 4.79 Å². The van der Waals surface area contributed by atoms with Gasteiger partial charge in [0.1, 0.15) is 17.4 Å². The van der Waals surface area contributed by atoms with Gasteiger partial charge in [-0.1, -0.05) is 0 Å². The van der Waals surface area contributed by atoms with Gasteiger partial charge in [-0.2, -0.15) is 5.26 Å². The number of nitrogens with zero attached hydrogens (tertiary/aromatic N) is 4. The summed E-state index contributed by atoms with van der Waals surface area (Å²) in [5, 5.41) is 12.3. The summed E-state index contributed by atoms with van der Waals surface area (Å²) >= 11 is 0. The Bertz CT molecular complexity index is 1100.